The van der Waals surface area contributed by atoms with Crippen LogP contribution in [0.15, 0.2) is 73.1 Å². The summed E-state index contributed by atoms with van der Waals surface area (Å²) in [6, 6.07) is 20.4. The van der Waals surface area contributed by atoms with Crippen molar-refractivity contribution < 1.29 is 5.11 Å². The maximum absolute atomic E-state index is 9.34. The highest BCUT2D eigenvalue weighted by Gasteiger charge is 2.40. The maximum Gasteiger partial charge on any atom is 0.170 e. The molecule has 0 radical (unpaired) electrons. The summed E-state index contributed by atoms with van der Waals surface area (Å²) in [6.45, 7) is 0.829. The number of nitrogens with one attached hydrogen (secondary N) is 1. The van der Waals surface area contributed by atoms with Gasteiger partial charge in [-0.1, -0.05) is 24.3 Å². The lowest BCUT2D eigenvalue weighted by molar-refractivity contribution is 0.245. The fourth-order valence-electron chi connectivity index (χ4n) is 3.67. The van der Waals surface area contributed by atoms with Crippen LogP contribution >= 0.6 is 12.2 Å². The van der Waals surface area contributed by atoms with Gasteiger partial charge in [0.1, 0.15) is 0 Å². The van der Waals surface area contributed by atoms with E-state index in [1.54, 1.807) is 0 Å². The van der Waals surface area contributed by atoms with Crippen molar-refractivity contribution in [2.75, 3.05) is 13.2 Å². The van der Waals surface area contributed by atoms with E-state index < -0.39 is 0 Å². The number of aromatic nitrogens is 2. The van der Waals surface area contributed by atoms with Crippen molar-refractivity contribution >= 4 is 17.3 Å². The highest BCUT2D eigenvalue weighted by Crippen LogP contribution is 2.39. The summed E-state index contributed by atoms with van der Waals surface area (Å²) in [5, 5.41) is 13.5. The second kappa shape index (κ2) is 7.90. The van der Waals surface area contributed by atoms with E-state index in [1.807, 2.05) is 42.6 Å². The standard InChI is InChI=1S/C21H22N4OS/c26-15-7-14-25-20(19(23-21(25)27)17-10-4-5-12-22-17)18-11-6-13-24(18)16-8-2-1-3-9-16/h1-6,8-13,19-20,26H,7,14-15H2,(H,23,27)/t19-,20+/m1/s1. The van der Waals surface area contributed by atoms with E-state index in [0.29, 0.717) is 18.1 Å². The quantitative estimate of drug-likeness (QED) is 0.645. The smallest absolute Gasteiger partial charge is 0.170 e. The molecule has 2 atom stereocenters. The minimum absolute atomic E-state index is 0.00541. The van der Waals surface area contributed by atoms with Gasteiger partial charge in [0.25, 0.3) is 0 Å². The third-order valence-electron chi connectivity index (χ3n) is 4.87. The van der Waals surface area contributed by atoms with Crippen LogP contribution in [0.2, 0.25) is 0 Å². The van der Waals surface area contributed by atoms with Crippen LogP contribution in [0.25, 0.3) is 5.69 Å². The van der Waals surface area contributed by atoms with E-state index in [-0.39, 0.29) is 18.7 Å². The summed E-state index contributed by atoms with van der Waals surface area (Å²) in [5.74, 6) is 0. The summed E-state index contributed by atoms with van der Waals surface area (Å²) in [4.78, 5) is 6.73. The second-order valence-electron chi connectivity index (χ2n) is 6.54. The summed E-state index contributed by atoms with van der Waals surface area (Å²) in [5.41, 5.74) is 3.21. The van der Waals surface area contributed by atoms with E-state index in [9.17, 15) is 5.11 Å². The molecule has 1 saturated heterocycles. The van der Waals surface area contributed by atoms with Crippen LogP contribution in [0.4, 0.5) is 0 Å². The average molecular weight is 379 g/mol. The van der Waals surface area contributed by atoms with Crippen molar-refractivity contribution in [2.24, 2.45) is 0 Å². The first kappa shape index (κ1) is 17.7. The van der Waals surface area contributed by atoms with Crippen LogP contribution < -0.4 is 5.32 Å². The molecule has 1 aliphatic rings. The Balaban J connectivity index is 1.78. The number of aliphatic hydroxyl groups excluding tert-OH is 1. The molecule has 138 valence electrons. The number of hydrogen-bond acceptors (Lipinski definition) is 3. The molecule has 2 aromatic heterocycles. The van der Waals surface area contributed by atoms with Crippen molar-refractivity contribution in [1.82, 2.24) is 19.8 Å². The zero-order chi connectivity index (χ0) is 18.6. The van der Waals surface area contributed by atoms with Crippen LogP contribution in [0.1, 0.15) is 29.9 Å². The summed E-state index contributed by atoms with van der Waals surface area (Å²) < 4.78 is 2.20. The molecule has 0 amide bonds. The van der Waals surface area contributed by atoms with Gasteiger partial charge in [0, 0.05) is 36.9 Å². The van der Waals surface area contributed by atoms with Gasteiger partial charge in [-0.15, -0.1) is 0 Å². The largest absolute Gasteiger partial charge is 0.396 e. The summed E-state index contributed by atoms with van der Waals surface area (Å²) in [6.07, 6.45) is 4.55. The maximum atomic E-state index is 9.34. The number of nitrogens with zero attached hydrogens (tertiary/aromatic N) is 3. The molecule has 1 aromatic carbocycles. The molecule has 0 spiro atoms. The Bertz CT molecular complexity index is 897. The number of hydrogen-bond donors (Lipinski definition) is 2. The van der Waals surface area contributed by atoms with Gasteiger partial charge in [-0.05, 0) is 55.0 Å². The molecule has 3 aromatic rings. The van der Waals surface area contributed by atoms with Crippen molar-refractivity contribution in [3.05, 3.63) is 84.4 Å². The monoisotopic (exact) mass is 378 g/mol. The van der Waals surface area contributed by atoms with Crippen molar-refractivity contribution in [1.29, 1.82) is 0 Å². The third-order valence-corrected chi connectivity index (χ3v) is 5.22. The van der Waals surface area contributed by atoms with Gasteiger partial charge in [0.15, 0.2) is 5.11 Å². The summed E-state index contributed by atoms with van der Waals surface area (Å²) >= 11 is 5.64. The first-order chi connectivity index (χ1) is 13.3. The Morgan fingerprint density at radius 3 is 2.59 bits per heavy atom. The lowest BCUT2D eigenvalue weighted by Gasteiger charge is -2.28. The van der Waals surface area contributed by atoms with Crippen LogP contribution in [0.3, 0.4) is 0 Å². The van der Waals surface area contributed by atoms with Crippen molar-refractivity contribution in [3.8, 4) is 5.69 Å². The van der Waals surface area contributed by atoms with Gasteiger partial charge in [-0.25, -0.2) is 0 Å². The van der Waals surface area contributed by atoms with Gasteiger partial charge in [0.05, 0.1) is 17.8 Å². The minimum Gasteiger partial charge on any atom is -0.396 e. The Morgan fingerprint density at radius 2 is 1.85 bits per heavy atom. The first-order valence-corrected chi connectivity index (χ1v) is 9.52. The van der Waals surface area contributed by atoms with E-state index in [1.165, 1.54) is 0 Å². The van der Waals surface area contributed by atoms with E-state index >= 15 is 0 Å². The third kappa shape index (κ3) is 3.46. The Morgan fingerprint density at radius 1 is 1.04 bits per heavy atom. The van der Waals surface area contributed by atoms with Crippen LogP contribution in [0, 0.1) is 0 Å². The van der Waals surface area contributed by atoms with Gasteiger partial charge in [-0.3, -0.25) is 4.98 Å². The molecule has 2 N–H and O–H groups in total. The number of pyridine rings is 1. The highest BCUT2D eigenvalue weighted by molar-refractivity contribution is 7.80. The Labute approximate surface area is 164 Å². The lowest BCUT2D eigenvalue weighted by Crippen LogP contribution is -2.31. The van der Waals surface area contributed by atoms with Gasteiger partial charge >= 0.3 is 0 Å². The normalized spacial score (nSPS) is 19.3. The van der Waals surface area contributed by atoms with Crippen LogP contribution in [-0.4, -0.2) is 37.8 Å². The van der Waals surface area contributed by atoms with Crippen molar-refractivity contribution in [3.63, 3.8) is 0 Å². The zero-order valence-electron chi connectivity index (χ0n) is 14.9. The predicted molar refractivity (Wildman–Crippen MR) is 110 cm³/mol. The molecule has 1 fully saturated rings. The lowest BCUT2D eigenvalue weighted by atomic mass is 10.0. The number of thiocarbonyl (C=S) groups is 1. The second-order valence-corrected chi connectivity index (χ2v) is 6.92. The molecule has 5 nitrogen and oxygen atoms in total. The molecule has 27 heavy (non-hydrogen) atoms. The van der Waals surface area contributed by atoms with E-state index in [2.05, 4.69) is 50.2 Å². The summed E-state index contributed by atoms with van der Waals surface area (Å²) in [7, 11) is 0. The molecule has 0 aliphatic carbocycles. The molecule has 3 heterocycles. The zero-order valence-corrected chi connectivity index (χ0v) is 15.7. The van der Waals surface area contributed by atoms with E-state index in [0.717, 1.165) is 17.1 Å². The molecule has 4 rings (SSSR count). The number of para-hydroxylation sites is 1. The molecule has 0 bridgehead atoms. The van der Waals surface area contributed by atoms with Gasteiger partial charge in [-0.2, -0.15) is 0 Å². The topological polar surface area (TPSA) is 53.3 Å². The van der Waals surface area contributed by atoms with Crippen molar-refractivity contribution in [2.45, 2.75) is 18.5 Å². The highest BCUT2D eigenvalue weighted by atomic mass is 32.1. The fourth-order valence-corrected chi connectivity index (χ4v) is 4.00. The first-order valence-electron chi connectivity index (χ1n) is 9.11. The molecule has 1 aliphatic heterocycles. The number of aliphatic hydroxyl groups is 1. The average Bonchev–Trinajstić information content (AvgIpc) is 3.32. The fraction of sp³-hybridized carbons (Fsp3) is 0.238. The molecule has 0 unspecified atom stereocenters. The molecule has 0 saturated carbocycles. The Hall–Kier alpha value is -2.70. The van der Waals surface area contributed by atoms with Crippen LogP contribution in [-0.2, 0) is 0 Å². The Kier molecular flexibility index (Phi) is 5.18. The number of rotatable bonds is 6. The molecule has 6 heteroatoms. The van der Waals surface area contributed by atoms with E-state index in [4.69, 9.17) is 12.2 Å². The number of benzene rings is 1. The minimum atomic E-state index is -0.0465. The van der Waals surface area contributed by atoms with Gasteiger partial charge < -0.3 is 19.9 Å². The van der Waals surface area contributed by atoms with Gasteiger partial charge in [0.2, 0.25) is 0 Å². The molecular formula is C21H22N4OS. The molecular weight excluding hydrogens is 356 g/mol. The predicted octanol–water partition coefficient (Wildman–Crippen LogP) is 3.23. The van der Waals surface area contributed by atoms with Crippen LogP contribution in [0.5, 0.6) is 0 Å². The SMILES string of the molecule is OCCCN1C(=S)N[C@H](c2ccccn2)[C@@H]1c1cccn1-c1ccccc1.